The van der Waals surface area contributed by atoms with Gasteiger partial charge in [-0.05, 0) is 91.7 Å². The van der Waals surface area contributed by atoms with E-state index in [4.69, 9.17) is 9.97 Å². The Morgan fingerprint density at radius 2 is 1.23 bits per heavy atom. The number of pyridine rings is 2. The number of phenolic OH excluding ortho intramolecular Hbond substituents is 1. The van der Waals surface area contributed by atoms with Gasteiger partial charge in [-0.1, -0.05) is 110 Å². The average Bonchev–Trinajstić information content (AvgIpc) is 3.07. The van der Waals surface area contributed by atoms with Crippen molar-refractivity contribution in [3.8, 4) is 28.1 Å². The molecule has 48 heavy (non-hydrogen) atoms. The topological polar surface area (TPSA) is 49.2 Å². The molecule has 6 aromatic rings. The Bertz CT molecular complexity index is 2360. The number of rotatable bonds is 2. The van der Waals surface area contributed by atoms with Gasteiger partial charge in [-0.3, -0.25) is 4.90 Å². The monoisotopic (exact) mass is 627 g/mol. The molecule has 0 unspecified atom stereocenters. The lowest BCUT2D eigenvalue weighted by Crippen LogP contribution is -2.45. The molecular weight excluding hydrogens is 587 g/mol. The zero-order valence-corrected chi connectivity index (χ0v) is 29.0. The minimum Gasteiger partial charge on any atom is -0.506 e. The van der Waals surface area contributed by atoms with Crippen LogP contribution < -0.4 is 4.90 Å². The lowest BCUT2D eigenvalue weighted by molar-refractivity contribution is 0.297. The second-order valence-corrected chi connectivity index (χ2v) is 16.1. The zero-order valence-electron chi connectivity index (χ0n) is 29.0. The number of anilines is 3. The highest BCUT2D eigenvalue weighted by Crippen LogP contribution is 2.62. The molecule has 0 saturated carbocycles. The Hall–Kier alpha value is -4.96. The molecule has 3 heterocycles. The quantitative estimate of drug-likeness (QED) is 0.207. The molecule has 0 saturated heterocycles. The van der Waals surface area contributed by atoms with E-state index in [1.54, 1.807) is 0 Å². The predicted octanol–water partition coefficient (Wildman–Crippen LogP) is 11.0. The van der Waals surface area contributed by atoms with Gasteiger partial charge in [0.2, 0.25) is 0 Å². The Balaban J connectivity index is 1.33. The minimum atomic E-state index is -0.300. The van der Waals surface area contributed by atoms with Crippen LogP contribution in [-0.4, -0.2) is 15.1 Å². The summed E-state index contributed by atoms with van der Waals surface area (Å²) in [5, 5.41) is 12.9. The molecule has 3 aliphatic rings. The van der Waals surface area contributed by atoms with Crippen molar-refractivity contribution in [1.29, 1.82) is 0 Å². The number of nitrogens with zero attached hydrogens (tertiary/aromatic N) is 3. The first-order valence-electron chi connectivity index (χ1n) is 17.1. The summed E-state index contributed by atoms with van der Waals surface area (Å²) in [5.41, 5.74) is 14.1. The fourth-order valence-electron chi connectivity index (χ4n) is 9.08. The van der Waals surface area contributed by atoms with E-state index in [0.717, 1.165) is 33.8 Å². The van der Waals surface area contributed by atoms with Crippen LogP contribution in [0.2, 0.25) is 0 Å². The van der Waals surface area contributed by atoms with Crippen LogP contribution in [0.15, 0.2) is 97.2 Å². The second kappa shape index (κ2) is 9.14. The number of aromatic nitrogens is 2. The molecule has 0 radical (unpaired) electrons. The number of aromatic hydroxyl groups is 1. The van der Waals surface area contributed by atoms with E-state index in [1.165, 1.54) is 44.5 Å². The molecule has 0 spiro atoms. The minimum absolute atomic E-state index is 0.124. The van der Waals surface area contributed by atoms with Crippen LogP contribution in [0.5, 0.6) is 5.75 Å². The molecule has 4 aromatic carbocycles. The van der Waals surface area contributed by atoms with Crippen molar-refractivity contribution in [1.82, 2.24) is 9.97 Å². The molecule has 1 N–H and O–H groups in total. The largest absolute Gasteiger partial charge is 0.506 e. The molecule has 238 valence electrons. The molecule has 0 amide bonds. The lowest BCUT2D eigenvalue weighted by Gasteiger charge is -2.51. The third-order valence-corrected chi connectivity index (χ3v) is 12.5. The summed E-state index contributed by atoms with van der Waals surface area (Å²) in [5.74, 6) is 1.13. The molecule has 9 rings (SSSR count). The van der Waals surface area contributed by atoms with Crippen LogP contribution >= 0.6 is 0 Å². The van der Waals surface area contributed by atoms with Crippen LogP contribution in [0.3, 0.4) is 0 Å². The van der Waals surface area contributed by atoms with Crippen molar-refractivity contribution >= 4 is 28.1 Å². The smallest absolute Gasteiger partial charge is 0.142 e. The summed E-state index contributed by atoms with van der Waals surface area (Å²) >= 11 is 0. The van der Waals surface area contributed by atoms with Gasteiger partial charge in [0.15, 0.2) is 0 Å². The van der Waals surface area contributed by atoms with Crippen LogP contribution in [0.1, 0.15) is 88.8 Å². The van der Waals surface area contributed by atoms with Crippen LogP contribution in [-0.2, 0) is 21.7 Å². The maximum atomic E-state index is 11.8. The van der Waals surface area contributed by atoms with E-state index in [2.05, 4.69) is 133 Å². The van der Waals surface area contributed by atoms with Crippen LogP contribution in [0.4, 0.5) is 17.2 Å². The molecule has 2 aromatic heterocycles. The summed E-state index contributed by atoms with van der Waals surface area (Å²) in [6.07, 6.45) is 1.86. The van der Waals surface area contributed by atoms with E-state index >= 15 is 0 Å². The summed E-state index contributed by atoms with van der Waals surface area (Å²) in [7, 11) is 0. The third-order valence-electron chi connectivity index (χ3n) is 12.5. The standard InChI is InChI=1S/C44H41N3O/c1-41(2)26-14-9-10-17-33(26)47(36-18-11-12-21-45-36)34-22-25(19-20-27(34)41)32-23-30-39-38-31(24-35(48)40(39)46-32)44(7,8)43(5,6)29-16-13-15-28(37(29)38)42(30,3)4/h9-24,48H,1-8H3. The fourth-order valence-corrected chi connectivity index (χ4v) is 9.08. The first-order chi connectivity index (χ1) is 22.8. The van der Waals surface area contributed by atoms with Crippen molar-refractivity contribution in [2.45, 2.75) is 77.0 Å². The number of benzene rings is 4. The van der Waals surface area contributed by atoms with Gasteiger partial charge < -0.3 is 5.11 Å². The van der Waals surface area contributed by atoms with Gasteiger partial charge in [0.05, 0.1) is 17.1 Å². The normalized spacial score (nSPS) is 18.3. The summed E-state index contributed by atoms with van der Waals surface area (Å²) < 4.78 is 0. The summed E-state index contributed by atoms with van der Waals surface area (Å²) in [6, 6.07) is 32.6. The van der Waals surface area contributed by atoms with Crippen molar-refractivity contribution in [2.24, 2.45) is 0 Å². The Morgan fingerprint density at radius 1 is 0.562 bits per heavy atom. The van der Waals surface area contributed by atoms with Gasteiger partial charge in [0.25, 0.3) is 0 Å². The highest BCUT2D eigenvalue weighted by molar-refractivity contribution is 6.08. The lowest BCUT2D eigenvalue weighted by atomic mass is 9.52. The van der Waals surface area contributed by atoms with Crippen LogP contribution in [0, 0.1) is 0 Å². The molecule has 4 heteroatoms. The molecule has 1 aliphatic heterocycles. The SMILES string of the molecule is CC1(C)c2ccccc2N(c2ccccn2)c2cc(-c3cc4c5c6c(cc(O)c5n3)C(C)(C)C(C)(C)c3cccc(c3-6)C4(C)C)ccc21. The van der Waals surface area contributed by atoms with E-state index in [0.29, 0.717) is 5.52 Å². The Labute approximate surface area is 283 Å². The fraction of sp³-hybridized carbons (Fsp3) is 0.273. The average molecular weight is 628 g/mol. The molecule has 4 nitrogen and oxygen atoms in total. The number of fused-ring (bicyclic) bond motifs is 2. The second-order valence-electron chi connectivity index (χ2n) is 16.1. The molecule has 2 aliphatic carbocycles. The first-order valence-corrected chi connectivity index (χ1v) is 17.1. The van der Waals surface area contributed by atoms with Crippen molar-refractivity contribution in [3.05, 3.63) is 131 Å². The van der Waals surface area contributed by atoms with Gasteiger partial charge in [0.1, 0.15) is 17.1 Å². The molecule has 0 atom stereocenters. The van der Waals surface area contributed by atoms with Gasteiger partial charge in [0, 0.05) is 28.0 Å². The summed E-state index contributed by atoms with van der Waals surface area (Å²) in [4.78, 5) is 12.4. The van der Waals surface area contributed by atoms with E-state index in [1.807, 2.05) is 24.4 Å². The van der Waals surface area contributed by atoms with E-state index < -0.39 is 0 Å². The number of hydrogen-bond acceptors (Lipinski definition) is 4. The van der Waals surface area contributed by atoms with Gasteiger partial charge >= 0.3 is 0 Å². The number of hydrogen-bond donors (Lipinski definition) is 1. The van der Waals surface area contributed by atoms with Crippen molar-refractivity contribution < 1.29 is 5.11 Å². The number of para-hydroxylation sites is 1. The molecular formula is C44H41N3O. The Morgan fingerprint density at radius 3 is 2.00 bits per heavy atom. The summed E-state index contributed by atoms with van der Waals surface area (Å²) in [6.45, 7) is 18.6. The first kappa shape index (κ1) is 29.2. The number of phenols is 1. The highest BCUT2D eigenvalue weighted by Gasteiger charge is 2.50. The van der Waals surface area contributed by atoms with E-state index in [9.17, 15) is 5.11 Å². The maximum absolute atomic E-state index is 11.8. The van der Waals surface area contributed by atoms with Gasteiger partial charge in [-0.25, -0.2) is 9.97 Å². The van der Waals surface area contributed by atoms with Gasteiger partial charge in [-0.2, -0.15) is 0 Å². The van der Waals surface area contributed by atoms with Crippen molar-refractivity contribution in [2.75, 3.05) is 4.90 Å². The third kappa shape index (κ3) is 3.45. The predicted molar refractivity (Wildman–Crippen MR) is 197 cm³/mol. The van der Waals surface area contributed by atoms with Crippen molar-refractivity contribution in [3.63, 3.8) is 0 Å². The molecule has 0 fully saturated rings. The zero-order chi connectivity index (χ0) is 33.5. The highest BCUT2D eigenvalue weighted by atomic mass is 16.3. The van der Waals surface area contributed by atoms with Crippen LogP contribution in [0.25, 0.3) is 33.3 Å². The van der Waals surface area contributed by atoms with E-state index in [-0.39, 0.29) is 27.4 Å². The Kier molecular flexibility index (Phi) is 5.56. The maximum Gasteiger partial charge on any atom is 0.142 e. The molecule has 0 bridgehead atoms. The van der Waals surface area contributed by atoms with Gasteiger partial charge in [-0.15, -0.1) is 0 Å².